The van der Waals surface area contributed by atoms with Crippen molar-refractivity contribution >= 4 is 5.91 Å². The Labute approximate surface area is 95.3 Å². The van der Waals surface area contributed by atoms with Gasteiger partial charge in [0.25, 0.3) is 0 Å². The van der Waals surface area contributed by atoms with Gasteiger partial charge in [0, 0.05) is 13.2 Å². The van der Waals surface area contributed by atoms with Gasteiger partial charge in [0.05, 0.1) is 25.9 Å². The summed E-state index contributed by atoms with van der Waals surface area (Å²) in [5, 5.41) is 9.20. The third-order valence-electron chi connectivity index (χ3n) is 3.22. The normalized spacial score (nSPS) is 31.8. The van der Waals surface area contributed by atoms with Crippen molar-refractivity contribution in [1.29, 1.82) is 0 Å². The first-order valence-corrected chi connectivity index (χ1v) is 5.87. The predicted molar refractivity (Wildman–Crippen MR) is 56.9 cm³/mol. The summed E-state index contributed by atoms with van der Waals surface area (Å²) in [7, 11) is 0. The Morgan fingerprint density at radius 3 is 2.94 bits per heavy atom. The first-order valence-electron chi connectivity index (χ1n) is 5.87. The maximum absolute atomic E-state index is 11.7. The van der Waals surface area contributed by atoms with E-state index in [4.69, 9.17) is 9.47 Å². The Morgan fingerprint density at radius 1 is 1.38 bits per heavy atom. The molecule has 2 unspecified atom stereocenters. The maximum atomic E-state index is 11.7. The highest BCUT2D eigenvalue weighted by Crippen LogP contribution is 2.18. The lowest BCUT2D eigenvalue weighted by Crippen LogP contribution is -2.53. The Kier molecular flexibility index (Phi) is 4.15. The number of ether oxygens (including phenoxy) is 2. The van der Waals surface area contributed by atoms with E-state index in [-0.39, 0.29) is 25.2 Å². The number of amides is 1. The molecular weight excluding hydrogens is 210 g/mol. The molecule has 5 nitrogen and oxygen atoms in total. The van der Waals surface area contributed by atoms with Crippen molar-refractivity contribution < 1.29 is 19.4 Å². The molecule has 16 heavy (non-hydrogen) atoms. The minimum atomic E-state index is -0.178. The highest BCUT2D eigenvalue weighted by Gasteiger charge is 2.30. The van der Waals surface area contributed by atoms with Crippen molar-refractivity contribution in [1.82, 2.24) is 4.90 Å². The van der Waals surface area contributed by atoms with Gasteiger partial charge in [0.1, 0.15) is 6.61 Å². The quantitative estimate of drug-likeness (QED) is 0.717. The molecule has 0 bridgehead atoms. The fourth-order valence-electron chi connectivity index (χ4n) is 2.29. The van der Waals surface area contributed by atoms with Crippen LogP contribution in [0.5, 0.6) is 0 Å². The largest absolute Gasteiger partial charge is 0.394 e. The van der Waals surface area contributed by atoms with E-state index in [0.29, 0.717) is 19.1 Å². The number of aliphatic hydroxyl groups excluding tert-OH is 1. The van der Waals surface area contributed by atoms with Gasteiger partial charge in [-0.05, 0) is 18.8 Å². The molecule has 0 saturated carbocycles. The summed E-state index contributed by atoms with van der Waals surface area (Å²) in [6.45, 7) is 2.80. The van der Waals surface area contributed by atoms with Crippen LogP contribution in [0.3, 0.4) is 0 Å². The van der Waals surface area contributed by atoms with E-state index in [2.05, 4.69) is 0 Å². The lowest BCUT2D eigenvalue weighted by atomic mass is 10.0. The maximum Gasteiger partial charge on any atom is 0.248 e. The number of hydrogen-bond donors (Lipinski definition) is 1. The molecule has 2 aliphatic heterocycles. The number of rotatable bonds is 3. The van der Waals surface area contributed by atoms with Crippen LogP contribution >= 0.6 is 0 Å². The Hall–Kier alpha value is -0.650. The van der Waals surface area contributed by atoms with Gasteiger partial charge in [-0.1, -0.05) is 0 Å². The highest BCUT2D eigenvalue weighted by molar-refractivity contribution is 5.78. The van der Waals surface area contributed by atoms with Crippen molar-refractivity contribution in [3.05, 3.63) is 0 Å². The Balaban J connectivity index is 1.91. The van der Waals surface area contributed by atoms with Gasteiger partial charge in [-0.3, -0.25) is 4.79 Å². The second kappa shape index (κ2) is 5.61. The molecule has 0 aromatic heterocycles. The van der Waals surface area contributed by atoms with Gasteiger partial charge < -0.3 is 19.5 Å². The highest BCUT2D eigenvalue weighted by atomic mass is 16.5. The van der Waals surface area contributed by atoms with E-state index in [1.165, 1.54) is 0 Å². The average molecular weight is 229 g/mol. The predicted octanol–water partition coefficient (Wildman–Crippen LogP) is -0.367. The molecule has 2 saturated heterocycles. The summed E-state index contributed by atoms with van der Waals surface area (Å²) < 4.78 is 10.5. The van der Waals surface area contributed by atoms with Crippen LogP contribution in [-0.2, 0) is 14.3 Å². The molecule has 5 heteroatoms. The molecule has 2 atom stereocenters. The van der Waals surface area contributed by atoms with Crippen LogP contribution in [-0.4, -0.2) is 61.5 Å². The molecule has 2 fully saturated rings. The zero-order chi connectivity index (χ0) is 11.4. The van der Waals surface area contributed by atoms with Crippen molar-refractivity contribution in [3.63, 3.8) is 0 Å². The van der Waals surface area contributed by atoms with E-state index in [1.54, 1.807) is 4.90 Å². The molecule has 0 aliphatic carbocycles. The second-order valence-corrected chi connectivity index (χ2v) is 4.48. The molecule has 1 N–H and O–H groups in total. The number of nitrogens with zero attached hydrogens (tertiary/aromatic N) is 1. The van der Waals surface area contributed by atoms with Crippen molar-refractivity contribution in [2.24, 2.45) is 5.92 Å². The van der Waals surface area contributed by atoms with E-state index in [0.717, 1.165) is 26.1 Å². The first-order chi connectivity index (χ1) is 7.81. The van der Waals surface area contributed by atoms with Crippen LogP contribution < -0.4 is 0 Å². The van der Waals surface area contributed by atoms with Crippen molar-refractivity contribution in [2.45, 2.75) is 18.9 Å². The summed E-state index contributed by atoms with van der Waals surface area (Å²) in [5.41, 5.74) is 0. The fraction of sp³-hybridized carbons (Fsp3) is 0.909. The minimum absolute atomic E-state index is 0.0177. The molecule has 0 aromatic rings. The zero-order valence-corrected chi connectivity index (χ0v) is 9.43. The third kappa shape index (κ3) is 2.72. The van der Waals surface area contributed by atoms with Crippen LogP contribution in [0.1, 0.15) is 12.8 Å². The van der Waals surface area contributed by atoms with Crippen LogP contribution in [0, 0.1) is 5.92 Å². The Morgan fingerprint density at radius 2 is 2.25 bits per heavy atom. The number of carbonyl (C=O) groups is 1. The van der Waals surface area contributed by atoms with Gasteiger partial charge >= 0.3 is 0 Å². The third-order valence-corrected chi connectivity index (χ3v) is 3.22. The van der Waals surface area contributed by atoms with Crippen LogP contribution in [0.15, 0.2) is 0 Å². The molecule has 0 spiro atoms. The van der Waals surface area contributed by atoms with E-state index in [9.17, 15) is 9.90 Å². The van der Waals surface area contributed by atoms with E-state index < -0.39 is 0 Å². The summed E-state index contributed by atoms with van der Waals surface area (Å²) in [4.78, 5) is 13.4. The standard InChI is InChI=1S/C11H19NO4/c13-5-10-7-16-8-11(14)12(10)4-9-2-1-3-15-6-9/h9-10,13H,1-8H2. The average Bonchev–Trinajstić information content (AvgIpc) is 2.33. The summed E-state index contributed by atoms with van der Waals surface area (Å²) in [6, 6.07) is -0.178. The van der Waals surface area contributed by atoms with Crippen LogP contribution in [0.4, 0.5) is 0 Å². The summed E-state index contributed by atoms with van der Waals surface area (Å²) in [5.74, 6) is 0.390. The number of hydrogen-bond acceptors (Lipinski definition) is 4. The first kappa shape index (κ1) is 11.8. The minimum Gasteiger partial charge on any atom is -0.394 e. The molecule has 0 aromatic carbocycles. The topological polar surface area (TPSA) is 59.0 Å². The summed E-state index contributed by atoms with van der Waals surface area (Å²) in [6.07, 6.45) is 2.16. The van der Waals surface area contributed by atoms with E-state index in [1.807, 2.05) is 0 Å². The van der Waals surface area contributed by atoms with E-state index >= 15 is 0 Å². The monoisotopic (exact) mass is 229 g/mol. The molecule has 2 aliphatic rings. The molecule has 0 radical (unpaired) electrons. The molecule has 2 heterocycles. The SMILES string of the molecule is O=C1COCC(CO)N1CC1CCCOC1. The second-order valence-electron chi connectivity index (χ2n) is 4.48. The van der Waals surface area contributed by atoms with Gasteiger partial charge in [0.2, 0.25) is 5.91 Å². The fourth-order valence-corrected chi connectivity index (χ4v) is 2.29. The summed E-state index contributed by atoms with van der Waals surface area (Å²) >= 11 is 0. The van der Waals surface area contributed by atoms with Gasteiger partial charge in [-0.15, -0.1) is 0 Å². The smallest absolute Gasteiger partial charge is 0.248 e. The Bertz CT molecular complexity index is 240. The number of carbonyl (C=O) groups excluding carboxylic acids is 1. The van der Waals surface area contributed by atoms with Crippen LogP contribution in [0.25, 0.3) is 0 Å². The molecule has 1 amide bonds. The van der Waals surface area contributed by atoms with Gasteiger partial charge in [-0.2, -0.15) is 0 Å². The van der Waals surface area contributed by atoms with Crippen molar-refractivity contribution in [3.8, 4) is 0 Å². The number of aliphatic hydroxyl groups is 1. The zero-order valence-electron chi connectivity index (χ0n) is 9.43. The molecule has 2 rings (SSSR count). The van der Waals surface area contributed by atoms with Crippen LogP contribution in [0.2, 0.25) is 0 Å². The lowest BCUT2D eigenvalue weighted by molar-refractivity contribution is -0.152. The van der Waals surface area contributed by atoms with Crippen molar-refractivity contribution in [2.75, 3.05) is 39.6 Å². The van der Waals surface area contributed by atoms with Gasteiger partial charge in [0.15, 0.2) is 0 Å². The molecular formula is C11H19NO4. The lowest BCUT2D eigenvalue weighted by Gasteiger charge is -2.37. The number of morpholine rings is 1. The molecule has 92 valence electrons. The van der Waals surface area contributed by atoms with Gasteiger partial charge in [-0.25, -0.2) is 0 Å².